The Balaban J connectivity index is 1.60. The molecule has 1 aromatic carbocycles. The summed E-state index contributed by atoms with van der Waals surface area (Å²) in [5.74, 6) is 0.791. The number of hydrogen-bond acceptors (Lipinski definition) is 2. The summed E-state index contributed by atoms with van der Waals surface area (Å²) >= 11 is 0. The maximum Gasteiger partial charge on any atom is 0.241 e. The lowest BCUT2D eigenvalue weighted by molar-refractivity contribution is -0.160. The van der Waals surface area contributed by atoms with E-state index < -0.39 is 0 Å². The fourth-order valence-electron chi connectivity index (χ4n) is 6.79. The maximum absolute atomic E-state index is 13.1. The molecule has 4 aliphatic heterocycles. The van der Waals surface area contributed by atoms with E-state index in [0.717, 1.165) is 38.8 Å². The number of piperidine rings is 2. The summed E-state index contributed by atoms with van der Waals surface area (Å²) in [4.78, 5) is 19.3. The molecule has 2 bridgehead atoms. The fourth-order valence-corrected chi connectivity index (χ4v) is 6.79. The molecule has 1 aliphatic carbocycles. The van der Waals surface area contributed by atoms with Crippen molar-refractivity contribution in [1.82, 2.24) is 15.2 Å². The van der Waals surface area contributed by atoms with Gasteiger partial charge in [-0.15, -0.1) is 0 Å². The minimum atomic E-state index is -0.229. The van der Waals surface area contributed by atoms with Crippen LogP contribution in [0.4, 0.5) is 0 Å². The highest BCUT2D eigenvalue weighted by atomic mass is 16.2. The topological polar surface area (TPSA) is 48.1 Å². The number of piperazine rings is 1. The van der Waals surface area contributed by atoms with Gasteiger partial charge in [0.05, 0.1) is 5.54 Å². The Kier molecular flexibility index (Phi) is 2.37. The molecule has 4 fully saturated rings. The summed E-state index contributed by atoms with van der Waals surface area (Å²) in [5, 5.41) is 4.88. The highest BCUT2D eigenvalue weighted by Crippen LogP contribution is 2.58. The van der Waals surface area contributed by atoms with Gasteiger partial charge < -0.3 is 10.3 Å². The molecule has 0 saturated carbocycles. The molecule has 4 heteroatoms. The van der Waals surface area contributed by atoms with Gasteiger partial charge in [-0.2, -0.15) is 0 Å². The summed E-state index contributed by atoms with van der Waals surface area (Å²) in [7, 11) is 0. The van der Waals surface area contributed by atoms with Crippen LogP contribution in [0.15, 0.2) is 24.3 Å². The van der Waals surface area contributed by atoms with Crippen molar-refractivity contribution in [2.45, 2.75) is 56.0 Å². The lowest BCUT2D eigenvalue weighted by atomic mass is 9.51. The number of carbonyl (C=O) groups is 1. The number of rotatable bonds is 0. The van der Waals surface area contributed by atoms with Gasteiger partial charge in [0.2, 0.25) is 5.91 Å². The van der Waals surface area contributed by atoms with Crippen molar-refractivity contribution < 1.29 is 4.79 Å². The molecule has 5 aliphatic rings. The van der Waals surface area contributed by atoms with Crippen molar-refractivity contribution in [2.24, 2.45) is 5.92 Å². The Morgan fingerprint density at radius 3 is 2.96 bits per heavy atom. The molecule has 2 spiro atoms. The first-order valence-corrected chi connectivity index (χ1v) is 9.64. The lowest BCUT2D eigenvalue weighted by Gasteiger charge is -2.65. The average molecular weight is 335 g/mol. The largest absolute Gasteiger partial charge is 0.358 e. The van der Waals surface area contributed by atoms with Crippen LogP contribution in [0.2, 0.25) is 0 Å². The van der Waals surface area contributed by atoms with Crippen LogP contribution in [-0.4, -0.2) is 40.0 Å². The Bertz CT molecular complexity index is 928. The van der Waals surface area contributed by atoms with E-state index in [4.69, 9.17) is 0 Å². The fraction of sp³-hybridized carbons (Fsp3) is 0.571. The summed E-state index contributed by atoms with van der Waals surface area (Å²) in [6, 6.07) is 8.63. The first kappa shape index (κ1) is 14.4. The van der Waals surface area contributed by atoms with Crippen molar-refractivity contribution >= 4 is 16.8 Å². The lowest BCUT2D eigenvalue weighted by Crippen LogP contribution is -2.82. The minimum Gasteiger partial charge on any atom is -0.358 e. The van der Waals surface area contributed by atoms with Crippen molar-refractivity contribution in [1.29, 1.82) is 0 Å². The second-order valence-corrected chi connectivity index (χ2v) is 9.35. The normalized spacial score (nSPS) is 38.3. The van der Waals surface area contributed by atoms with Crippen LogP contribution in [0, 0.1) is 5.92 Å². The molecule has 3 atom stereocenters. The summed E-state index contributed by atoms with van der Waals surface area (Å²) < 4.78 is 0. The van der Waals surface area contributed by atoms with Gasteiger partial charge in [0, 0.05) is 28.6 Å². The summed E-state index contributed by atoms with van der Waals surface area (Å²) in [6.07, 6.45) is 4.16. The number of aromatic nitrogens is 1. The number of amides is 1. The molecule has 1 aromatic heterocycles. The minimum absolute atomic E-state index is 0.0436. The SMILES string of the molecule is CC1(C)c2[nH]c3ccccc3c2C[C@@]23CN4CCC[C@]4(C[C@@H]12)C(=O)N3. The van der Waals surface area contributed by atoms with Crippen molar-refractivity contribution in [3.05, 3.63) is 35.5 Å². The standard InChI is InChI=1S/C21H25N3O/c1-19(2)16-11-21-8-5-9-24(21)12-20(16,23-18(21)25)10-14-13-6-3-4-7-15(13)22-17(14)19/h3-4,6-7,16,22H,5,8-12H2,1-2H3,(H,23,25)/t16-,20+,21-/m0/s1. The molecule has 4 saturated heterocycles. The van der Waals surface area contributed by atoms with Crippen LogP contribution >= 0.6 is 0 Å². The predicted octanol–water partition coefficient (Wildman–Crippen LogP) is 2.72. The van der Waals surface area contributed by atoms with Crippen LogP contribution in [0.25, 0.3) is 10.9 Å². The van der Waals surface area contributed by atoms with E-state index in [1.807, 2.05) is 0 Å². The van der Waals surface area contributed by atoms with Crippen LogP contribution < -0.4 is 5.32 Å². The van der Waals surface area contributed by atoms with Crippen molar-refractivity contribution in [3.8, 4) is 0 Å². The average Bonchev–Trinajstić information content (AvgIpc) is 3.16. The molecule has 1 amide bonds. The van der Waals surface area contributed by atoms with Gasteiger partial charge in [-0.05, 0) is 49.8 Å². The molecule has 5 heterocycles. The van der Waals surface area contributed by atoms with E-state index in [1.54, 1.807) is 0 Å². The molecular formula is C21H25N3O. The molecule has 2 N–H and O–H groups in total. The third kappa shape index (κ3) is 1.48. The van der Waals surface area contributed by atoms with Gasteiger partial charge >= 0.3 is 0 Å². The predicted molar refractivity (Wildman–Crippen MR) is 97.5 cm³/mol. The van der Waals surface area contributed by atoms with Gasteiger partial charge in [-0.25, -0.2) is 0 Å². The van der Waals surface area contributed by atoms with E-state index >= 15 is 0 Å². The third-order valence-corrected chi connectivity index (χ3v) is 7.91. The molecule has 0 unspecified atom stereocenters. The van der Waals surface area contributed by atoms with Gasteiger partial charge in [-0.1, -0.05) is 32.0 Å². The van der Waals surface area contributed by atoms with Crippen LogP contribution in [0.3, 0.4) is 0 Å². The zero-order valence-corrected chi connectivity index (χ0v) is 15.0. The van der Waals surface area contributed by atoms with E-state index in [0.29, 0.717) is 11.8 Å². The molecule has 25 heavy (non-hydrogen) atoms. The van der Waals surface area contributed by atoms with Crippen LogP contribution in [0.1, 0.15) is 44.4 Å². The third-order valence-electron chi connectivity index (χ3n) is 7.91. The smallest absolute Gasteiger partial charge is 0.241 e. The van der Waals surface area contributed by atoms with E-state index in [9.17, 15) is 4.79 Å². The number of benzene rings is 1. The number of fused-ring (bicyclic) bond motifs is 4. The van der Waals surface area contributed by atoms with Gasteiger partial charge in [0.25, 0.3) is 0 Å². The maximum atomic E-state index is 13.1. The summed E-state index contributed by atoms with van der Waals surface area (Å²) in [5.41, 5.74) is 3.76. The monoisotopic (exact) mass is 335 g/mol. The number of nitrogens with one attached hydrogen (secondary N) is 2. The van der Waals surface area contributed by atoms with Crippen molar-refractivity contribution in [3.63, 3.8) is 0 Å². The zero-order chi connectivity index (χ0) is 17.0. The molecule has 7 rings (SSSR count). The Hall–Kier alpha value is -1.81. The number of para-hydroxylation sites is 1. The first-order valence-electron chi connectivity index (χ1n) is 9.64. The number of nitrogens with zero attached hydrogens (tertiary/aromatic N) is 1. The summed E-state index contributed by atoms with van der Waals surface area (Å²) in [6.45, 7) is 6.87. The number of aromatic amines is 1. The van der Waals surface area contributed by atoms with E-state index in [1.165, 1.54) is 22.2 Å². The second kappa shape index (κ2) is 4.12. The Labute approximate surface area is 148 Å². The highest BCUT2D eigenvalue weighted by Gasteiger charge is 2.68. The molecule has 4 nitrogen and oxygen atoms in total. The highest BCUT2D eigenvalue weighted by molar-refractivity contribution is 5.91. The molecule has 0 radical (unpaired) electrons. The molecule has 130 valence electrons. The quantitative estimate of drug-likeness (QED) is 0.778. The number of H-pyrrole nitrogens is 1. The Morgan fingerprint density at radius 2 is 2.08 bits per heavy atom. The second-order valence-electron chi connectivity index (χ2n) is 9.35. The molecule has 2 aromatic rings. The van der Waals surface area contributed by atoms with Crippen molar-refractivity contribution in [2.75, 3.05) is 13.1 Å². The van der Waals surface area contributed by atoms with Crippen LogP contribution in [0.5, 0.6) is 0 Å². The van der Waals surface area contributed by atoms with Gasteiger partial charge in [-0.3, -0.25) is 9.69 Å². The Morgan fingerprint density at radius 1 is 1.24 bits per heavy atom. The van der Waals surface area contributed by atoms with Crippen LogP contribution in [-0.2, 0) is 16.6 Å². The number of hydrogen-bond donors (Lipinski definition) is 2. The van der Waals surface area contributed by atoms with E-state index in [2.05, 4.69) is 53.3 Å². The molecular weight excluding hydrogens is 310 g/mol. The van der Waals surface area contributed by atoms with Gasteiger partial charge in [0.15, 0.2) is 0 Å². The van der Waals surface area contributed by atoms with E-state index in [-0.39, 0.29) is 16.5 Å². The first-order chi connectivity index (χ1) is 12.0. The number of carbonyl (C=O) groups excluding carboxylic acids is 1. The zero-order valence-electron chi connectivity index (χ0n) is 15.0. The van der Waals surface area contributed by atoms with Gasteiger partial charge in [0.1, 0.15) is 5.54 Å².